The molecule has 0 radical (unpaired) electrons. The molecule has 2 heterocycles. The van der Waals surface area contributed by atoms with Crippen LogP contribution < -0.4 is 10.2 Å². The number of amides is 1. The number of nitrogens with one attached hydrogen (secondary N) is 1. The number of rotatable bonds is 1. The monoisotopic (exact) mass is 254 g/mol. The van der Waals surface area contributed by atoms with Crippen LogP contribution in [0.3, 0.4) is 0 Å². The van der Waals surface area contributed by atoms with Crippen LogP contribution in [0, 0.1) is 13.8 Å². The second kappa shape index (κ2) is 4.87. The lowest BCUT2D eigenvalue weighted by atomic mass is 10.3. The molecule has 5 nitrogen and oxygen atoms in total. The van der Waals surface area contributed by atoms with Gasteiger partial charge >= 0.3 is 0 Å². The number of aromatic nitrogens is 2. The summed E-state index contributed by atoms with van der Waals surface area (Å²) in [5.74, 6) is 1.41. The normalized spacial score (nSPS) is 16.6. The number of halogens is 1. The molecule has 0 bridgehead atoms. The Morgan fingerprint density at radius 3 is 2.88 bits per heavy atom. The molecule has 2 rings (SSSR count). The van der Waals surface area contributed by atoms with Gasteiger partial charge in [0.1, 0.15) is 16.8 Å². The molecule has 6 heteroatoms. The van der Waals surface area contributed by atoms with Crippen LogP contribution in [0.5, 0.6) is 0 Å². The summed E-state index contributed by atoms with van der Waals surface area (Å²) in [6.45, 7) is 5.51. The summed E-state index contributed by atoms with van der Waals surface area (Å²) in [4.78, 5) is 22.0. The van der Waals surface area contributed by atoms with Gasteiger partial charge in [0.25, 0.3) is 0 Å². The van der Waals surface area contributed by atoms with Crippen molar-refractivity contribution in [1.29, 1.82) is 0 Å². The molecule has 1 aliphatic heterocycles. The molecule has 17 heavy (non-hydrogen) atoms. The third-order valence-corrected chi connectivity index (χ3v) is 3.10. The van der Waals surface area contributed by atoms with Crippen molar-refractivity contribution in [3.05, 3.63) is 16.5 Å². The Morgan fingerprint density at radius 2 is 2.12 bits per heavy atom. The lowest BCUT2D eigenvalue weighted by Gasteiger charge is -2.22. The lowest BCUT2D eigenvalue weighted by Crippen LogP contribution is -2.34. The van der Waals surface area contributed by atoms with Gasteiger partial charge < -0.3 is 10.2 Å². The smallest absolute Gasteiger partial charge is 0.239 e. The van der Waals surface area contributed by atoms with Gasteiger partial charge in [-0.25, -0.2) is 9.97 Å². The fraction of sp³-hybridized carbons (Fsp3) is 0.545. The number of anilines is 1. The zero-order chi connectivity index (χ0) is 12.4. The van der Waals surface area contributed by atoms with E-state index in [4.69, 9.17) is 11.6 Å². The Kier molecular flexibility index (Phi) is 3.47. The van der Waals surface area contributed by atoms with E-state index in [0.717, 1.165) is 24.3 Å². The van der Waals surface area contributed by atoms with E-state index in [1.807, 2.05) is 11.8 Å². The first-order valence-electron chi connectivity index (χ1n) is 5.60. The van der Waals surface area contributed by atoms with Gasteiger partial charge in [0.05, 0.1) is 6.54 Å². The molecular weight excluding hydrogens is 240 g/mol. The fourth-order valence-electron chi connectivity index (χ4n) is 1.87. The van der Waals surface area contributed by atoms with E-state index in [0.29, 0.717) is 24.1 Å². The minimum absolute atomic E-state index is 0.0225. The van der Waals surface area contributed by atoms with Crippen LogP contribution in [0.1, 0.15) is 17.8 Å². The molecule has 92 valence electrons. The SMILES string of the molecule is Cc1nc(Cl)c(C)c(N2CCCNC(=O)C2)n1. The van der Waals surface area contributed by atoms with Crippen molar-refractivity contribution < 1.29 is 4.79 Å². The zero-order valence-electron chi connectivity index (χ0n) is 9.96. The standard InChI is InChI=1S/C11H15ClN4O/c1-7-10(12)14-8(2)15-11(7)16-5-3-4-13-9(17)6-16/h3-6H2,1-2H3,(H,13,17). The van der Waals surface area contributed by atoms with Crippen molar-refractivity contribution in [2.75, 3.05) is 24.5 Å². The van der Waals surface area contributed by atoms with Gasteiger partial charge in [0, 0.05) is 18.7 Å². The molecule has 1 amide bonds. The zero-order valence-corrected chi connectivity index (χ0v) is 10.7. The van der Waals surface area contributed by atoms with Crippen LogP contribution in [0.4, 0.5) is 5.82 Å². The molecule has 0 saturated carbocycles. The minimum Gasteiger partial charge on any atom is -0.354 e. The maximum atomic E-state index is 11.5. The third-order valence-electron chi connectivity index (χ3n) is 2.73. The van der Waals surface area contributed by atoms with Crippen LogP contribution in [-0.4, -0.2) is 35.5 Å². The summed E-state index contributed by atoms with van der Waals surface area (Å²) in [7, 11) is 0. The van der Waals surface area contributed by atoms with Gasteiger partial charge in [-0.05, 0) is 20.3 Å². The number of carbonyl (C=O) groups is 1. The van der Waals surface area contributed by atoms with Gasteiger partial charge in [-0.2, -0.15) is 0 Å². The Morgan fingerprint density at radius 1 is 1.35 bits per heavy atom. The summed E-state index contributed by atoms with van der Waals surface area (Å²) >= 11 is 6.04. The molecular formula is C11H15ClN4O. The predicted molar refractivity (Wildman–Crippen MR) is 66.4 cm³/mol. The number of aryl methyl sites for hydroxylation is 1. The van der Waals surface area contributed by atoms with Gasteiger partial charge in [0.15, 0.2) is 0 Å². The minimum atomic E-state index is 0.0225. The highest BCUT2D eigenvalue weighted by Crippen LogP contribution is 2.23. The van der Waals surface area contributed by atoms with Crippen LogP contribution >= 0.6 is 11.6 Å². The van der Waals surface area contributed by atoms with Crippen LogP contribution in [0.2, 0.25) is 5.15 Å². The average molecular weight is 255 g/mol. The lowest BCUT2D eigenvalue weighted by molar-refractivity contribution is -0.119. The number of nitrogens with zero attached hydrogens (tertiary/aromatic N) is 3. The molecule has 0 aliphatic carbocycles. The first-order valence-corrected chi connectivity index (χ1v) is 5.98. The molecule has 1 aromatic heterocycles. The quantitative estimate of drug-likeness (QED) is 0.762. The Bertz CT molecular complexity index is 449. The molecule has 1 aliphatic rings. The maximum absolute atomic E-state index is 11.5. The highest BCUT2D eigenvalue weighted by atomic mass is 35.5. The summed E-state index contributed by atoms with van der Waals surface area (Å²) in [6, 6.07) is 0. The molecule has 0 atom stereocenters. The predicted octanol–water partition coefficient (Wildman–Crippen LogP) is 1.07. The molecule has 1 aromatic rings. The van der Waals surface area contributed by atoms with E-state index < -0.39 is 0 Å². The number of carbonyl (C=O) groups excluding carboxylic acids is 1. The topological polar surface area (TPSA) is 58.1 Å². The summed E-state index contributed by atoms with van der Waals surface area (Å²) in [5, 5.41) is 3.29. The van der Waals surface area contributed by atoms with Crippen molar-refractivity contribution in [2.24, 2.45) is 0 Å². The Hall–Kier alpha value is -1.36. The molecule has 1 saturated heterocycles. The van der Waals surface area contributed by atoms with E-state index in [1.165, 1.54) is 0 Å². The number of hydrogen-bond donors (Lipinski definition) is 1. The average Bonchev–Trinajstić information content (AvgIpc) is 2.48. The molecule has 1 fully saturated rings. The second-order valence-electron chi connectivity index (χ2n) is 4.14. The van der Waals surface area contributed by atoms with Crippen molar-refractivity contribution in [3.63, 3.8) is 0 Å². The number of hydrogen-bond acceptors (Lipinski definition) is 4. The van der Waals surface area contributed by atoms with E-state index in [-0.39, 0.29) is 5.91 Å². The third kappa shape index (κ3) is 2.66. The van der Waals surface area contributed by atoms with Gasteiger partial charge in [-0.3, -0.25) is 4.79 Å². The second-order valence-corrected chi connectivity index (χ2v) is 4.49. The summed E-state index contributed by atoms with van der Waals surface area (Å²) < 4.78 is 0. The van der Waals surface area contributed by atoms with Crippen LogP contribution in [0.25, 0.3) is 0 Å². The van der Waals surface area contributed by atoms with Crippen molar-refractivity contribution >= 4 is 23.3 Å². The van der Waals surface area contributed by atoms with Gasteiger partial charge in [-0.1, -0.05) is 11.6 Å². The van der Waals surface area contributed by atoms with Crippen LogP contribution in [0.15, 0.2) is 0 Å². The van der Waals surface area contributed by atoms with Gasteiger partial charge in [-0.15, -0.1) is 0 Å². The van der Waals surface area contributed by atoms with Gasteiger partial charge in [0.2, 0.25) is 5.91 Å². The first kappa shape index (κ1) is 12.1. The van der Waals surface area contributed by atoms with E-state index in [9.17, 15) is 4.79 Å². The highest BCUT2D eigenvalue weighted by Gasteiger charge is 2.19. The van der Waals surface area contributed by atoms with Crippen molar-refractivity contribution in [1.82, 2.24) is 15.3 Å². The van der Waals surface area contributed by atoms with E-state index >= 15 is 0 Å². The Labute approximate surface area is 105 Å². The Balaban J connectivity index is 2.35. The largest absolute Gasteiger partial charge is 0.354 e. The fourth-order valence-corrected chi connectivity index (χ4v) is 2.08. The first-order chi connectivity index (χ1) is 8.08. The molecule has 0 unspecified atom stereocenters. The van der Waals surface area contributed by atoms with Crippen LogP contribution in [-0.2, 0) is 4.79 Å². The summed E-state index contributed by atoms with van der Waals surface area (Å²) in [6.07, 6.45) is 0.909. The molecule has 0 aromatic carbocycles. The highest BCUT2D eigenvalue weighted by molar-refractivity contribution is 6.30. The van der Waals surface area contributed by atoms with E-state index in [2.05, 4.69) is 15.3 Å². The summed E-state index contributed by atoms with van der Waals surface area (Å²) in [5.41, 5.74) is 0.826. The van der Waals surface area contributed by atoms with E-state index in [1.54, 1.807) is 6.92 Å². The van der Waals surface area contributed by atoms with Crippen molar-refractivity contribution in [3.8, 4) is 0 Å². The maximum Gasteiger partial charge on any atom is 0.239 e. The van der Waals surface area contributed by atoms with Crippen molar-refractivity contribution in [2.45, 2.75) is 20.3 Å². The molecule has 0 spiro atoms. The molecule has 1 N–H and O–H groups in total.